The monoisotopic (exact) mass is 449 g/mol. The fourth-order valence-electron chi connectivity index (χ4n) is 1.56. The van der Waals surface area contributed by atoms with Crippen molar-refractivity contribution in [3.63, 3.8) is 0 Å². The van der Waals surface area contributed by atoms with Crippen molar-refractivity contribution >= 4 is 22.6 Å². The quantitative estimate of drug-likeness (QED) is 0.273. The molecule has 0 aromatic heterocycles. The van der Waals surface area contributed by atoms with E-state index in [0.29, 0.717) is 0 Å². The lowest BCUT2D eigenvalue weighted by Gasteiger charge is -2.49. The van der Waals surface area contributed by atoms with Crippen molar-refractivity contribution in [3.05, 3.63) is 0 Å². The Balaban J connectivity index is 3.47. The van der Waals surface area contributed by atoms with Crippen molar-refractivity contribution in [1.29, 1.82) is 0 Å². The Morgan fingerprint density at radius 2 is 1.29 bits per heavy atom. The van der Waals surface area contributed by atoms with Crippen molar-refractivity contribution in [2.75, 3.05) is 0 Å². The van der Waals surface area contributed by atoms with Crippen LogP contribution in [0.4, 0.5) is 43.9 Å². The summed E-state index contributed by atoms with van der Waals surface area (Å²) in [6.07, 6.45) is -14.3. The van der Waals surface area contributed by atoms with Gasteiger partial charge in [0.05, 0.1) is 0 Å². The van der Waals surface area contributed by atoms with Crippen LogP contribution in [0.1, 0.15) is 13.3 Å². The molecule has 0 aliphatic carbocycles. The summed E-state index contributed by atoms with van der Waals surface area (Å²) in [4.78, 5) is -2.77. The number of hydrogen-bond acceptors (Lipinski definition) is 2. The van der Waals surface area contributed by atoms with Gasteiger partial charge in [0.1, 0.15) is 0 Å². The largest absolute Gasteiger partial charge is 0.439 e. The number of ether oxygens (including phenoxy) is 1. The topological polar surface area (TPSA) is 12.5 Å². The first kappa shape index (κ1) is 19.0. The Bertz CT molecular complexity index is 386. The van der Waals surface area contributed by atoms with Gasteiger partial charge in [-0.1, -0.05) is 29.5 Å². The van der Waals surface area contributed by atoms with Gasteiger partial charge in [0, 0.05) is 10.3 Å². The Kier molecular flexibility index (Phi) is 4.50. The molecule has 1 atom stereocenters. The highest BCUT2D eigenvalue weighted by molar-refractivity contribution is 14.1. The van der Waals surface area contributed by atoms with E-state index < -0.39 is 45.6 Å². The second-order valence-corrected chi connectivity index (χ2v) is 6.33. The third kappa shape index (κ3) is 2.92. The zero-order valence-electron chi connectivity index (χ0n) is 9.80. The molecular formula is C8H6F10INO. The van der Waals surface area contributed by atoms with Crippen molar-refractivity contribution in [2.24, 2.45) is 0 Å². The zero-order chi connectivity index (χ0) is 17.1. The molecule has 1 aliphatic rings. The molecule has 0 saturated carbocycles. The van der Waals surface area contributed by atoms with Gasteiger partial charge in [0.15, 0.2) is 0 Å². The molecule has 1 heterocycles. The van der Waals surface area contributed by atoms with Crippen LogP contribution in [-0.2, 0) is 4.74 Å². The Hall–Kier alpha value is -0.0500. The van der Waals surface area contributed by atoms with Gasteiger partial charge in [-0.05, 0) is 0 Å². The second-order valence-electron chi connectivity index (χ2n) is 4.20. The minimum absolute atomic E-state index is 0.960. The van der Waals surface area contributed by atoms with Crippen LogP contribution in [0.5, 0.6) is 0 Å². The number of hydrogen-bond donors (Lipinski definition) is 0. The van der Waals surface area contributed by atoms with Gasteiger partial charge >= 0.3 is 30.4 Å². The van der Waals surface area contributed by atoms with Crippen molar-refractivity contribution < 1.29 is 48.6 Å². The highest BCUT2D eigenvalue weighted by atomic mass is 127. The van der Waals surface area contributed by atoms with Crippen molar-refractivity contribution in [3.8, 4) is 0 Å². The van der Waals surface area contributed by atoms with E-state index in [1.807, 2.05) is 0 Å². The molecule has 0 spiro atoms. The summed E-state index contributed by atoms with van der Waals surface area (Å²) in [6.45, 7) is 0.960. The maximum Gasteiger partial charge on any atom is 0.439 e. The smallest absolute Gasteiger partial charge is 0.243 e. The van der Waals surface area contributed by atoms with Crippen LogP contribution in [0.15, 0.2) is 0 Å². The first-order valence-corrected chi connectivity index (χ1v) is 6.27. The number of morpholine rings is 1. The molecule has 13 heteroatoms. The molecule has 126 valence electrons. The SMILES string of the molecule is CC(I)CC(F)(F)N1C(F)(F)C(F)(F)OC(F)(F)C1(F)F. The van der Waals surface area contributed by atoms with E-state index in [2.05, 4.69) is 4.74 Å². The molecule has 0 bridgehead atoms. The summed E-state index contributed by atoms with van der Waals surface area (Å²) in [5.74, 6) is 0. The number of rotatable bonds is 3. The first-order chi connectivity index (χ1) is 8.99. The summed E-state index contributed by atoms with van der Waals surface area (Å²) in [5, 5.41) is 0. The van der Waals surface area contributed by atoms with Gasteiger partial charge in [-0.25, -0.2) is 4.74 Å². The average molecular weight is 449 g/mol. The molecule has 1 fully saturated rings. The van der Waals surface area contributed by atoms with Gasteiger partial charge in [-0.3, -0.25) is 0 Å². The van der Waals surface area contributed by atoms with Gasteiger partial charge in [-0.2, -0.15) is 43.9 Å². The molecule has 1 saturated heterocycles. The molecule has 0 aromatic carbocycles. The number of alkyl halides is 11. The van der Waals surface area contributed by atoms with E-state index in [9.17, 15) is 43.9 Å². The summed E-state index contributed by atoms with van der Waals surface area (Å²) in [6, 6.07) is -18.1. The maximum atomic E-state index is 13.5. The van der Waals surface area contributed by atoms with Crippen LogP contribution in [0.25, 0.3) is 0 Å². The van der Waals surface area contributed by atoms with E-state index in [0.717, 1.165) is 6.92 Å². The van der Waals surface area contributed by atoms with Crippen molar-refractivity contribution in [2.45, 2.75) is 47.6 Å². The first-order valence-electron chi connectivity index (χ1n) is 5.03. The van der Waals surface area contributed by atoms with Gasteiger partial charge in [0.25, 0.3) is 0 Å². The van der Waals surface area contributed by atoms with E-state index in [-0.39, 0.29) is 0 Å². The average Bonchev–Trinajstić information content (AvgIpc) is 2.08. The molecule has 1 aliphatic heterocycles. The number of halogens is 11. The highest BCUT2D eigenvalue weighted by Crippen LogP contribution is 2.59. The molecule has 0 amide bonds. The summed E-state index contributed by atoms with van der Waals surface area (Å²) in [7, 11) is 0. The lowest BCUT2D eigenvalue weighted by Crippen LogP contribution is -2.77. The normalized spacial score (nSPS) is 29.1. The predicted molar refractivity (Wildman–Crippen MR) is 55.8 cm³/mol. The van der Waals surface area contributed by atoms with Crippen LogP contribution < -0.4 is 0 Å². The van der Waals surface area contributed by atoms with Crippen LogP contribution in [0, 0.1) is 0 Å². The molecular weight excluding hydrogens is 443 g/mol. The zero-order valence-corrected chi connectivity index (χ0v) is 12.0. The summed E-state index contributed by atoms with van der Waals surface area (Å²) < 4.78 is 132. The lowest BCUT2D eigenvalue weighted by molar-refractivity contribution is -0.585. The van der Waals surface area contributed by atoms with Gasteiger partial charge in [0.2, 0.25) is 0 Å². The summed E-state index contributed by atoms with van der Waals surface area (Å²) in [5.41, 5.74) is 0. The maximum absolute atomic E-state index is 13.5. The van der Waals surface area contributed by atoms with Crippen molar-refractivity contribution in [1.82, 2.24) is 4.90 Å². The Labute approximate surface area is 124 Å². The van der Waals surface area contributed by atoms with Crippen LogP contribution in [0.3, 0.4) is 0 Å². The van der Waals surface area contributed by atoms with Crippen LogP contribution in [0.2, 0.25) is 0 Å². The fraction of sp³-hybridized carbons (Fsp3) is 1.00. The molecule has 1 rings (SSSR count). The van der Waals surface area contributed by atoms with Gasteiger partial charge < -0.3 is 0 Å². The summed E-state index contributed by atoms with van der Waals surface area (Å²) >= 11 is 1.20. The fourth-order valence-corrected chi connectivity index (χ4v) is 2.09. The molecule has 21 heavy (non-hydrogen) atoms. The third-order valence-corrected chi connectivity index (χ3v) is 2.81. The van der Waals surface area contributed by atoms with Crippen LogP contribution in [-0.4, -0.2) is 39.2 Å². The lowest BCUT2D eigenvalue weighted by atomic mass is 10.2. The molecule has 0 aromatic rings. The third-order valence-electron chi connectivity index (χ3n) is 2.37. The second kappa shape index (κ2) is 4.97. The Morgan fingerprint density at radius 3 is 1.57 bits per heavy atom. The van der Waals surface area contributed by atoms with E-state index in [1.54, 1.807) is 0 Å². The predicted octanol–water partition coefficient (Wildman–Crippen LogP) is 4.50. The number of nitrogens with zero attached hydrogens (tertiary/aromatic N) is 1. The Morgan fingerprint density at radius 1 is 0.952 bits per heavy atom. The van der Waals surface area contributed by atoms with Crippen LogP contribution >= 0.6 is 22.6 Å². The minimum Gasteiger partial charge on any atom is -0.243 e. The molecule has 2 nitrogen and oxygen atoms in total. The standard InChI is InChI=1S/C8H6F10INO/c1-3(19)2-4(9,10)20-5(11,12)7(15,16)21-8(17,18)6(20,13)14/h3H,2H2,1H3. The molecule has 0 radical (unpaired) electrons. The van der Waals surface area contributed by atoms with Gasteiger partial charge in [-0.15, -0.1) is 4.90 Å². The van der Waals surface area contributed by atoms with E-state index >= 15 is 0 Å². The minimum atomic E-state index is -6.35. The van der Waals surface area contributed by atoms with E-state index in [1.165, 1.54) is 22.6 Å². The van der Waals surface area contributed by atoms with E-state index in [4.69, 9.17) is 0 Å². The highest BCUT2D eigenvalue weighted by Gasteiger charge is 2.86. The molecule has 0 N–H and O–H groups in total. The molecule has 1 unspecified atom stereocenters.